The molecule has 2 heterocycles. The number of nitrogens with zero attached hydrogens (tertiary/aromatic N) is 3. The molecule has 1 aliphatic carbocycles. The second-order valence-electron chi connectivity index (χ2n) is 4.91. The Morgan fingerprint density at radius 2 is 2.26 bits per heavy atom. The van der Waals surface area contributed by atoms with Crippen molar-refractivity contribution in [2.75, 3.05) is 25.1 Å². The van der Waals surface area contributed by atoms with Crippen LogP contribution in [0, 0.1) is 5.92 Å². The first-order valence-corrected chi connectivity index (χ1v) is 7.08. The van der Waals surface area contributed by atoms with Gasteiger partial charge in [0, 0.05) is 19.1 Å². The molecule has 0 unspecified atom stereocenters. The fraction of sp³-hybridized carbons (Fsp3) is 0.583. The maximum absolute atomic E-state index is 11.8. The minimum atomic E-state index is 0.0545. The Kier molecular flexibility index (Phi) is 3.30. The van der Waals surface area contributed by atoms with E-state index in [0.29, 0.717) is 31.0 Å². The van der Waals surface area contributed by atoms with Gasteiger partial charge in [0.25, 0.3) is 0 Å². The molecule has 0 bridgehead atoms. The molecule has 0 spiro atoms. The summed E-state index contributed by atoms with van der Waals surface area (Å²) >= 11 is 3.32. The van der Waals surface area contributed by atoms with Crippen molar-refractivity contribution in [1.82, 2.24) is 15.3 Å². The van der Waals surface area contributed by atoms with Gasteiger partial charge >= 0.3 is 0 Å². The molecule has 0 radical (unpaired) electrons. The van der Waals surface area contributed by atoms with E-state index in [2.05, 4.69) is 31.2 Å². The van der Waals surface area contributed by atoms with Crippen LogP contribution in [0.15, 0.2) is 10.7 Å². The first-order chi connectivity index (χ1) is 9.17. The van der Waals surface area contributed by atoms with E-state index in [1.807, 2.05) is 4.90 Å². The van der Waals surface area contributed by atoms with Gasteiger partial charge in [-0.15, -0.1) is 0 Å². The second-order valence-corrected chi connectivity index (χ2v) is 5.77. The molecule has 2 aliphatic rings. The molecule has 6 nitrogen and oxygen atoms in total. The fourth-order valence-corrected chi connectivity index (χ4v) is 2.35. The van der Waals surface area contributed by atoms with Gasteiger partial charge in [-0.1, -0.05) is 0 Å². The Labute approximate surface area is 119 Å². The first kappa shape index (κ1) is 12.7. The van der Waals surface area contributed by atoms with E-state index < -0.39 is 0 Å². The van der Waals surface area contributed by atoms with Gasteiger partial charge in [-0.3, -0.25) is 4.79 Å². The first-order valence-electron chi connectivity index (χ1n) is 6.29. The number of amides is 1. The zero-order valence-corrected chi connectivity index (χ0v) is 12.2. The molecule has 1 aliphatic heterocycles. The summed E-state index contributed by atoms with van der Waals surface area (Å²) < 4.78 is 5.86. The highest BCUT2D eigenvalue weighted by atomic mass is 79.9. The topological polar surface area (TPSA) is 67.3 Å². The predicted octanol–water partition coefficient (Wildman–Crippen LogP) is 0.962. The van der Waals surface area contributed by atoms with Crippen LogP contribution < -0.4 is 15.0 Å². The predicted molar refractivity (Wildman–Crippen MR) is 73.2 cm³/mol. The van der Waals surface area contributed by atoms with Crippen molar-refractivity contribution in [3.8, 4) is 5.88 Å². The van der Waals surface area contributed by atoms with Gasteiger partial charge in [0.1, 0.15) is 0 Å². The number of aromatic nitrogens is 2. The Balaban J connectivity index is 1.58. The number of hydrogen-bond acceptors (Lipinski definition) is 5. The zero-order chi connectivity index (χ0) is 13.4. The Morgan fingerprint density at radius 1 is 1.53 bits per heavy atom. The highest BCUT2D eigenvalue weighted by Crippen LogP contribution is 2.28. The molecule has 0 atom stereocenters. The molecule has 19 heavy (non-hydrogen) atoms. The van der Waals surface area contributed by atoms with Crippen molar-refractivity contribution in [2.45, 2.75) is 18.9 Å². The van der Waals surface area contributed by atoms with Gasteiger partial charge in [-0.05, 0) is 28.8 Å². The van der Waals surface area contributed by atoms with E-state index in [1.54, 1.807) is 13.3 Å². The van der Waals surface area contributed by atoms with Gasteiger partial charge in [0.2, 0.25) is 17.7 Å². The number of carbonyl (C=O) groups is 1. The molecule has 0 aromatic carbocycles. The van der Waals surface area contributed by atoms with Crippen molar-refractivity contribution in [3.05, 3.63) is 10.7 Å². The van der Waals surface area contributed by atoms with Gasteiger partial charge in [-0.2, -0.15) is 4.98 Å². The normalized spacial score (nSPS) is 18.9. The van der Waals surface area contributed by atoms with Gasteiger partial charge in [-0.25, -0.2) is 4.98 Å². The highest BCUT2D eigenvalue weighted by Gasteiger charge is 2.36. The van der Waals surface area contributed by atoms with Crippen LogP contribution in [0.1, 0.15) is 12.8 Å². The van der Waals surface area contributed by atoms with Crippen molar-refractivity contribution in [1.29, 1.82) is 0 Å². The molecule has 7 heteroatoms. The fourth-order valence-electron chi connectivity index (χ4n) is 1.99. The van der Waals surface area contributed by atoms with Gasteiger partial charge < -0.3 is 15.0 Å². The molecule has 102 valence electrons. The molecule has 1 saturated heterocycles. The molecule has 1 aromatic rings. The standard InChI is InChI=1S/C12H15BrN4O2/c1-19-11-9(13)4-14-12(16-11)17-5-7(6-17)10(18)15-8-2-3-8/h4,7-8H,2-3,5-6H2,1H3,(H,15,18). The third-order valence-electron chi connectivity index (χ3n) is 3.35. The van der Waals surface area contributed by atoms with Crippen molar-refractivity contribution >= 4 is 27.8 Å². The summed E-state index contributed by atoms with van der Waals surface area (Å²) in [7, 11) is 1.57. The van der Waals surface area contributed by atoms with Crippen molar-refractivity contribution in [2.24, 2.45) is 5.92 Å². The Hall–Kier alpha value is -1.37. The summed E-state index contributed by atoms with van der Waals surface area (Å²) in [5.74, 6) is 1.33. The number of halogens is 1. The summed E-state index contributed by atoms with van der Waals surface area (Å²) in [6, 6.07) is 0.422. The van der Waals surface area contributed by atoms with Crippen LogP contribution in [-0.4, -0.2) is 42.1 Å². The van der Waals surface area contributed by atoms with E-state index in [4.69, 9.17) is 4.74 Å². The maximum atomic E-state index is 11.8. The second kappa shape index (κ2) is 4.96. The summed E-state index contributed by atoms with van der Waals surface area (Å²) in [6.07, 6.45) is 3.91. The molecule has 1 N–H and O–H groups in total. The van der Waals surface area contributed by atoms with Crippen LogP contribution in [0.5, 0.6) is 5.88 Å². The molecular formula is C12H15BrN4O2. The smallest absolute Gasteiger partial charge is 0.232 e. The Bertz CT molecular complexity index is 501. The summed E-state index contributed by atoms with van der Waals surface area (Å²) in [5.41, 5.74) is 0. The minimum Gasteiger partial charge on any atom is -0.480 e. The largest absolute Gasteiger partial charge is 0.480 e. The van der Waals surface area contributed by atoms with E-state index in [0.717, 1.165) is 17.3 Å². The van der Waals surface area contributed by atoms with E-state index in [-0.39, 0.29) is 11.8 Å². The maximum Gasteiger partial charge on any atom is 0.232 e. The van der Waals surface area contributed by atoms with Crippen LogP contribution >= 0.6 is 15.9 Å². The number of ether oxygens (including phenoxy) is 1. The van der Waals surface area contributed by atoms with Crippen LogP contribution in [0.2, 0.25) is 0 Å². The number of methoxy groups -OCH3 is 1. The minimum absolute atomic E-state index is 0.0545. The highest BCUT2D eigenvalue weighted by molar-refractivity contribution is 9.10. The lowest BCUT2D eigenvalue weighted by atomic mass is 10.00. The molecule has 1 amide bonds. The van der Waals surface area contributed by atoms with Crippen molar-refractivity contribution in [3.63, 3.8) is 0 Å². The van der Waals surface area contributed by atoms with Gasteiger partial charge in [0.05, 0.1) is 23.7 Å². The van der Waals surface area contributed by atoms with Crippen LogP contribution in [0.3, 0.4) is 0 Å². The van der Waals surface area contributed by atoms with E-state index in [9.17, 15) is 4.79 Å². The summed E-state index contributed by atoms with van der Waals surface area (Å²) in [4.78, 5) is 22.3. The van der Waals surface area contributed by atoms with Crippen LogP contribution in [0.25, 0.3) is 0 Å². The van der Waals surface area contributed by atoms with E-state index in [1.165, 1.54) is 0 Å². The number of nitrogens with one attached hydrogen (secondary N) is 1. The average molecular weight is 327 g/mol. The summed E-state index contributed by atoms with van der Waals surface area (Å²) in [6.45, 7) is 1.34. The monoisotopic (exact) mass is 326 g/mol. The Morgan fingerprint density at radius 3 is 2.89 bits per heavy atom. The molecule has 3 rings (SSSR count). The number of carbonyl (C=O) groups excluding carboxylic acids is 1. The average Bonchev–Trinajstić information content (AvgIpc) is 3.13. The number of rotatable bonds is 4. The quantitative estimate of drug-likeness (QED) is 0.892. The van der Waals surface area contributed by atoms with Crippen molar-refractivity contribution < 1.29 is 9.53 Å². The molecule has 1 saturated carbocycles. The lowest BCUT2D eigenvalue weighted by Gasteiger charge is -2.38. The van der Waals surface area contributed by atoms with Crippen LogP contribution in [-0.2, 0) is 4.79 Å². The molecule has 2 fully saturated rings. The zero-order valence-electron chi connectivity index (χ0n) is 10.6. The molecule has 1 aromatic heterocycles. The van der Waals surface area contributed by atoms with E-state index >= 15 is 0 Å². The SMILES string of the molecule is COc1nc(N2CC(C(=O)NC3CC3)C2)ncc1Br. The van der Waals surface area contributed by atoms with Crippen LogP contribution in [0.4, 0.5) is 5.95 Å². The molecular weight excluding hydrogens is 312 g/mol. The lowest BCUT2D eigenvalue weighted by molar-refractivity contribution is -0.125. The number of anilines is 1. The lowest BCUT2D eigenvalue weighted by Crippen LogP contribution is -2.54. The number of hydrogen-bond donors (Lipinski definition) is 1. The summed E-state index contributed by atoms with van der Waals surface area (Å²) in [5, 5.41) is 3.02. The third kappa shape index (κ3) is 2.65. The third-order valence-corrected chi connectivity index (χ3v) is 3.90. The van der Waals surface area contributed by atoms with Gasteiger partial charge in [0.15, 0.2) is 0 Å².